The molecule has 102 valence electrons. The molecule has 3 N–H and O–H groups in total. The number of sulfonamides is 1. The molecular weight excluding hydrogens is 256 g/mol. The van der Waals surface area contributed by atoms with Gasteiger partial charge in [0.05, 0.1) is 11.4 Å². The Hall–Kier alpha value is -1.50. The summed E-state index contributed by atoms with van der Waals surface area (Å²) in [4.78, 5) is 13.5. The molecule has 7 heteroatoms. The highest BCUT2D eigenvalue weighted by molar-refractivity contribution is 7.92. The summed E-state index contributed by atoms with van der Waals surface area (Å²) in [6.45, 7) is 7.06. The van der Waals surface area contributed by atoms with Crippen LogP contribution >= 0.6 is 0 Å². The summed E-state index contributed by atoms with van der Waals surface area (Å²) in [5.41, 5.74) is 0.107. The number of carboxylic acid groups (broad SMARTS) is 1. The topological polar surface area (TPSA) is 99.3 Å². The minimum absolute atomic E-state index is 0.0734. The minimum atomic E-state index is -3.57. The summed E-state index contributed by atoms with van der Waals surface area (Å²) in [6, 6.07) is 1.46. The van der Waals surface area contributed by atoms with Gasteiger partial charge in [-0.2, -0.15) is 0 Å². The Balaban J connectivity index is 3.01. The van der Waals surface area contributed by atoms with Crippen LogP contribution in [0.15, 0.2) is 6.07 Å². The third kappa shape index (κ3) is 4.06. The van der Waals surface area contributed by atoms with Crippen molar-refractivity contribution < 1.29 is 18.3 Å². The third-order valence-corrected chi connectivity index (χ3v) is 3.83. The van der Waals surface area contributed by atoms with Crippen LogP contribution in [-0.2, 0) is 10.0 Å². The summed E-state index contributed by atoms with van der Waals surface area (Å²) in [5.74, 6) is -1.28. The summed E-state index contributed by atoms with van der Waals surface area (Å²) >= 11 is 0. The van der Waals surface area contributed by atoms with Gasteiger partial charge in [-0.05, 0) is 18.4 Å². The van der Waals surface area contributed by atoms with Crippen molar-refractivity contribution >= 4 is 21.7 Å². The van der Waals surface area contributed by atoms with Gasteiger partial charge in [0.2, 0.25) is 10.0 Å². The SMILES string of the molecule is Cc1cc(NS(=O)(=O)CC(C)(C)C)c(C(=O)O)[nH]1. The maximum absolute atomic E-state index is 11.9. The number of carboxylic acids is 1. The van der Waals surface area contributed by atoms with Crippen molar-refractivity contribution in [3.8, 4) is 0 Å². The van der Waals surface area contributed by atoms with Crippen molar-refractivity contribution in [2.75, 3.05) is 10.5 Å². The number of H-pyrrole nitrogens is 1. The van der Waals surface area contributed by atoms with Gasteiger partial charge in [0.15, 0.2) is 0 Å². The highest BCUT2D eigenvalue weighted by Crippen LogP contribution is 2.22. The molecule has 0 atom stereocenters. The molecule has 0 unspecified atom stereocenters. The number of anilines is 1. The molecule has 18 heavy (non-hydrogen) atoms. The van der Waals surface area contributed by atoms with Gasteiger partial charge in [0.1, 0.15) is 5.69 Å². The van der Waals surface area contributed by atoms with Crippen molar-refractivity contribution in [1.82, 2.24) is 4.98 Å². The number of aromatic nitrogens is 1. The van der Waals surface area contributed by atoms with Gasteiger partial charge in [-0.15, -0.1) is 0 Å². The normalized spacial score (nSPS) is 12.4. The third-order valence-electron chi connectivity index (χ3n) is 2.05. The summed E-state index contributed by atoms with van der Waals surface area (Å²) in [5, 5.41) is 8.94. The quantitative estimate of drug-likeness (QED) is 0.779. The molecule has 1 heterocycles. The molecule has 0 spiro atoms. The van der Waals surface area contributed by atoms with Crippen molar-refractivity contribution in [2.24, 2.45) is 5.41 Å². The lowest BCUT2D eigenvalue weighted by Crippen LogP contribution is -2.26. The zero-order valence-electron chi connectivity index (χ0n) is 10.9. The van der Waals surface area contributed by atoms with Crippen LogP contribution in [0.3, 0.4) is 0 Å². The predicted octanol–water partition coefficient (Wildman–Crippen LogP) is 1.81. The molecule has 0 aliphatic carbocycles. The summed E-state index contributed by atoms with van der Waals surface area (Å²) in [6.07, 6.45) is 0. The fraction of sp³-hybridized carbons (Fsp3) is 0.545. The second-order valence-electron chi connectivity index (χ2n) is 5.47. The number of nitrogens with one attached hydrogen (secondary N) is 2. The van der Waals surface area contributed by atoms with Gasteiger partial charge < -0.3 is 10.1 Å². The Labute approximate surface area is 106 Å². The van der Waals surface area contributed by atoms with E-state index in [2.05, 4.69) is 9.71 Å². The average molecular weight is 274 g/mol. The number of aromatic amines is 1. The van der Waals surface area contributed by atoms with Crippen LogP contribution in [0.1, 0.15) is 37.0 Å². The predicted molar refractivity (Wildman–Crippen MR) is 69.4 cm³/mol. The van der Waals surface area contributed by atoms with E-state index in [4.69, 9.17) is 5.11 Å². The van der Waals surface area contributed by atoms with Gasteiger partial charge in [-0.3, -0.25) is 4.72 Å². The van der Waals surface area contributed by atoms with E-state index >= 15 is 0 Å². The lowest BCUT2D eigenvalue weighted by atomic mass is 10.0. The fourth-order valence-electron chi connectivity index (χ4n) is 1.61. The molecule has 0 saturated carbocycles. The average Bonchev–Trinajstić information content (AvgIpc) is 2.40. The van der Waals surface area contributed by atoms with Gasteiger partial charge in [-0.25, -0.2) is 13.2 Å². The zero-order valence-corrected chi connectivity index (χ0v) is 11.7. The number of carbonyl (C=O) groups is 1. The van der Waals surface area contributed by atoms with E-state index in [1.54, 1.807) is 27.7 Å². The number of rotatable bonds is 4. The van der Waals surface area contributed by atoms with Gasteiger partial charge in [-0.1, -0.05) is 20.8 Å². The van der Waals surface area contributed by atoms with E-state index in [-0.39, 0.29) is 17.1 Å². The molecular formula is C11H18N2O4S. The number of hydrogen-bond acceptors (Lipinski definition) is 3. The van der Waals surface area contributed by atoms with Crippen LogP contribution < -0.4 is 4.72 Å². The van der Waals surface area contributed by atoms with Crippen LogP contribution in [0.5, 0.6) is 0 Å². The van der Waals surface area contributed by atoms with Crippen LogP contribution in [0.25, 0.3) is 0 Å². The van der Waals surface area contributed by atoms with Crippen molar-refractivity contribution in [3.05, 3.63) is 17.5 Å². The lowest BCUT2D eigenvalue weighted by Gasteiger charge is -2.18. The molecule has 0 amide bonds. The first-order chi connectivity index (χ1) is 8.00. The zero-order chi connectivity index (χ0) is 14.1. The van der Waals surface area contributed by atoms with Gasteiger partial charge in [0, 0.05) is 5.69 Å². The van der Waals surface area contributed by atoms with Gasteiger partial charge in [0.25, 0.3) is 0 Å². The number of hydrogen-bond donors (Lipinski definition) is 3. The largest absolute Gasteiger partial charge is 0.477 e. The van der Waals surface area contributed by atoms with E-state index in [0.717, 1.165) is 0 Å². The molecule has 0 aliphatic heterocycles. The molecule has 0 aromatic carbocycles. The highest BCUT2D eigenvalue weighted by atomic mass is 32.2. The van der Waals surface area contributed by atoms with E-state index in [1.807, 2.05) is 0 Å². The lowest BCUT2D eigenvalue weighted by molar-refractivity contribution is 0.0692. The Morgan fingerprint density at radius 2 is 2.00 bits per heavy atom. The number of aromatic carboxylic acids is 1. The van der Waals surface area contributed by atoms with E-state index in [1.165, 1.54) is 6.07 Å². The first-order valence-electron chi connectivity index (χ1n) is 5.43. The molecule has 0 bridgehead atoms. The fourth-order valence-corrected chi connectivity index (χ4v) is 3.32. The second-order valence-corrected chi connectivity index (χ2v) is 7.19. The molecule has 0 aliphatic rings. The van der Waals surface area contributed by atoms with Crippen LogP contribution in [-0.4, -0.2) is 30.2 Å². The number of aryl methyl sites for hydroxylation is 1. The Morgan fingerprint density at radius 3 is 2.44 bits per heavy atom. The molecule has 1 aromatic rings. The summed E-state index contributed by atoms with van der Waals surface area (Å²) < 4.78 is 26.1. The van der Waals surface area contributed by atoms with E-state index in [0.29, 0.717) is 5.69 Å². The maximum Gasteiger partial charge on any atom is 0.354 e. The van der Waals surface area contributed by atoms with Crippen LogP contribution in [0.2, 0.25) is 0 Å². The summed E-state index contributed by atoms with van der Waals surface area (Å²) in [7, 11) is -3.57. The van der Waals surface area contributed by atoms with Gasteiger partial charge >= 0.3 is 5.97 Å². The Bertz CT molecular complexity index is 552. The molecule has 0 fully saturated rings. The Morgan fingerprint density at radius 1 is 1.44 bits per heavy atom. The highest BCUT2D eigenvalue weighted by Gasteiger charge is 2.24. The van der Waals surface area contributed by atoms with Crippen molar-refractivity contribution in [2.45, 2.75) is 27.7 Å². The van der Waals surface area contributed by atoms with E-state index < -0.39 is 21.4 Å². The minimum Gasteiger partial charge on any atom is -0.477 e. The molecule has 1 rings (SSSR count). The molecule has 0 saturated heterocycles. The van der Waals surface area contributed by atoms with Crippen molar-refractivity contribution in [3.63, 3.8) is 0 Å². The smallest absolute Gasteiger partial charge is 0.354 e. The second kappa shape index (κ2) is 4.64. The standard InChI is InChI=1S/C11H18N2O4S/c1-7-5-8(9(12-7)10(14)15)13-18(16,17)6-11(2,3)4/h5,12-13H,6H2,1-4H3,(H,14,15). The van der Waals surface area contributed by atoms with Crippen LogP contribution in [0.4, 0.5) is 5.69 Å². The molecule has 6 nitrogen and oxygen atoms in total. The molecule has 0 radical (unpaired) electrons. The monoisotopic (exact) mass is 274 g/mol. The van der Waals surface area contributed by atoms with Crippen LogP contribution in [0, 0.1) is 12.3 Å². The maximum atomic E-state index is 11.9. The van der Waals surface area contributed by atoms with Crippen molar-refractivity contribution in [1.29, 1.82) is 0 Å². The first kappa shape index (κ1) is 14.6. The van der Waals surface area contributed by atoms with E-state index in [9.17, 15) is 13.2 Å². The Kier molecular flexibility index (Phi) is 3.75. The molecule has 1 aromatic heterocycles. The first-order valence-corrected chi connectivity index (χ1v) is 7.09.